The number of ether oxygens (including phenoxy) is 1. The lowest BCUT2D eigenvalue weighted by Crippen LogP contribution is -2.33. The van der Waals surface area contributed by atoms with Gasteiger partial charge in [0.25, 0.3) is 0 Å². The van der Waals surface area contributed by atoms with E-state index in [1.165, 1.54) is 0 Å². The lowest BCUT2D eigenvalue weighted by atomic mass is 10.00. The normalized spacial score (nSPS) is 11.7. The first-order valence-corrected chi connectivity index (χ1v) is 5.58. The topological polar surface area (TPSA) is 69.7 Å². The van der Waals surface area contributed by atoms with Crippen LogP contribution < -0.4 is 4.74 Å². The molecule has 0 aromatic carbocycles. The maximum Gasteiger partial charge on any atom is 0.222 e. The van der Waals surface area contributed by atoms with Crippen LogP contribution in [0.1, 0.15) is 19.5 Å². The predicted molar refractivity (Wildman–Crippen MR) is 66.5 cm³/mol. The number of hydrogen-bond donors (Lipinski definition) is 0. The van der Waals surface area contributed by atoms with Crippen LogP contribution in [0.4, 0.5) is 0 Å². The minimum absolute atomic E-state index is 0.271. The number of pyridine rings is 1. The van der Waals surface area contributed by atoms with E-state index >= 15 is 0 Å². The van der Waals surface area contributed by atoms with Crippen molar-refractivity contribution >= 4 is 5.65 Å². The average molecular weight is 249 g/mol. The molecule has 0 aliphatic carbocycles. The fourth-order valence-electron chi connectivity index (χ4n) is 1.77. The van der Waals surface area contributed by atoms with Crippen LogP contribution in [0.25, 0.3) is 5.65 Å². The Bertz CT molecular complexity index is 589. The molecule has 0 saturated carbocycles. The Labute approximate surface area is 104 Å². The van der Waals surface area contributed by atoms with Crippen LogP contribution in [0.5, 0.6) is 5.75 Å². The van der Waals surface area contributed by atoms with E-state index in [4.69, 9.17) is 4.74 Å². The third-order valence-corrected chi connectivity index (χ3v) is 2.90. The summed E-state index contributed by atoms with van der Waals surface area (Å²) < 4.78 is 6.97. The third-order valence-electron chi connectivity index (χ3n) is 2.90. The Morgan fingerprint density at radius 2 is 2.22 bits per heavy atom. The molecule has 0 bridgehead atoms. The van der Waals surface area contributed by atoms with Crippen LogP contribution in [0.15, 0.2) is 24.5 Å². The number of methoxy groups -OCH3 is 1. The van der Waals surface area contributed by atoms with Gasteiger partial charge in [0.05, 0.1) is 19.7 Å². The van der Waals surface area contributed by atoms with Crippen molar-refractivity contribution in [1.29, 1.82) is 0 Å². The highest BCUT2D eigenvalue weighted by atomic mass is 16.6. The molecule has 0 unspecified atom stereocenters. The first kappa shape index (κ1) is 12.3. The molecule has 0 amide bonds. The summed E-state index contributed by atoms with van der Waals surface area (Å²) in [5.74, 6) is 0.695. The molecular formula is C12H15N3O3. The van der Waals surface area contributed by atoms with Crippen LogP contribution in [0.2, 0.25) is 0 Å². The third kappa shape index (κ3) is 2.13. The standard InChI is InChI=1S/C12H15N3O3/c1-12(2,15(16)17)6-9-7-13-11-5-4-10(18-3)8-14(9)11/h4-5,7-8H,6H2,1-3H3. The van der Waals surface area contributed by atoms with Gasteiger partial charge in [-0.25, -0.2) is 4.98 Å². The summed E-state index contributed by atoms with van der Waals surface area (Å²) in [5, 5.41) is 11.0. The Kier molecular flexibility index (Phi) is 2.94. The maximum absolute atomic E-state index is 11.0. The molecule has 6 nitrogen and oxygen atoms in total. The van der Waals surface area contributed by atoms with Crippen molar-refractivity contribution in [2.45, 2.75) is 25.8 Å². The molecule has 0 fully saturated rings. The second-order valence-corrected chi connectivity index (χ2v) is 4.79. The minimum Gasteiger partial charge on any atom is -0.495 e. The van der Waals surface area contributed by atoms with E-state index in [1.807, 2.05) is 16.5 Å². The first-order valence-electron chi connectivity index (χ1n) is 5.58. The van der Waals surface area contributed by atoms with Gasteiger partial charge in [0.1, 0.15) is 11.4 Å². The van der Waals surface area contributed by atoms with Gasteiger partial charge in [-0.1, -0.05) is 0 Å². The second-order valence-electron chi connectivity index (χ2n) is 4.79. The van der Waals surface area contributed by atoms with Crippen LogP contribution in [0, 0.1) is 10.1 Å². The Balaban J connectivity index is 2.42. The van der Waals surface area contributed by atoms with Crippen molar-refractivity contribution in [1.82, 2.24) is 9.38 Å². The molecule has 6 heteroatoms. The highest BCUT2D eigenvalue weighted by Crippen LogP contribution is 2.19. The summed E-state index contributed by atoms with van der Waals surface area (Å²) in [5.41, 5.74) is 0.537. The molecular weight excluding hydrogens is 234 g/mol. The number of nitro groups is 1. The molecule has 2 aromatic rings. The van der Waals surface area contributed by atoms with Gasteiger partial charge in [-0.05, 0) is 12.1 Å². The minimum atomic E-state index is -1.01. The summed E-state index contributed by atoms with van der Waals surface area (Å²) in [6.45, 7) is 3.21. The molecule has 0 radical (unpaired) electrons. The van der Waals surface area contributed by atoms with Crippen LogP contribution in [-0.2, 0) is 6.42 Å². The quantitative estimate of drug-likeness (QED) is 0.613. The van der Waals surface area contributed by atoms with Crippen molar-refractivity contribution in [2.24, 2.45) is 0 Å². The molecule has 96 valence electrons. The second kappa shape index (κ2) is 4.29. The monoisotopic (exact) mass is 249 g/mol. The molecule has 2 heterocycles. The Hall–Kier alpha value is -2.11. The SMILES string of the molecule is COc1ccc2ncc(CC(C)(C)[N+](=O)[O-])n2c1. The zero-order valence-corrected chi connectivity index (χ0v) is 10.6. The number of fused-ring (bicyclic) bond motifs is 1. The van der Waals surface area contributed by atoms with Crippen LogP contribution >= 0.6 is 0 Å². The largest absolute Gasteiger partial charge is 0.495 e. The zero-order valence-electron chi connectivity index (χ0n) is 10.6. The van der Waals surface area contributed by atoms with E-state index < -0.39 is 5.54 Å². The van der Waals surface area contributed by atoms with E-state index in [1.54, 1.807) is 33.4 Å². The molecule has 2 rings (SSSR count). The van der Waals surface area contributed by atoms with Gasteiger partial charge in [-0.3, -0.25) is 10.1 Å². The van der Waals surface area contributed by atoms with E-state index in [0.29, 0.717) is 12.2 Å². The molecule has 0 N–H and O–H groups in total. The van der Waals surface area contributed by atoms with Gasteiger partial charge in [0.2, 0.25) is 5.54 Å². The van der Waals surface area contributed by atoms with Crippen molar-refractivity contribution in [3.63, 3.8) is 0 Å². The van der Waals surface area contributed by atoms with Gasteiger partial charge in [0.15, 0.2) is 0 Å². The molecule has 0 aliphatic heterocycles. The summed E-state index contributed by atoms with van der Waals surface area (Å²) in [6, 6.07) is 3.63. The molecule has 0 saturated heterocycles. The Morgan fingerprint density at radius 3 is 2.83 bits per heavy atom. The average Bonchev–Trinajstić information content (AvgIpc) is 2.71. The zero-order chi connectivity index (χ0) is 13.3. The molecule has 0 aliphatic rings. The number of hydrogen-bond acceptors (Lipinski definition) is 4. The summed E-state index contributed by atoms with van der Waals surface area (Å²) in [7, 11) is 1.58. The predicted octanol–water partition coefficient (Wildman–Crippen LogP) is 1.94. The first-order chi connectivity index (χ1) is 8.44. The fourth-order valence-corrected chi connectivity index (χ4v) is 1.77. The highest BCUT2D eigenvalue weighted by molar-refractivity contribution is 5.43. The van der Waals surface area contributed by atoms with Gasteiger partial charge in [-0.15, -0.1) is 0 Å². The number of aromatic nitrogens is 2. The van der Waals surface area contributed by atoms with Crippen LogP contribution in [0.3, 0.4) is 0 Å². The lowest BCUT2D eigenvalue weighted by Gasteiger charge is -2.15. The Morgan fingerprint density at radius 1 is 1.50 bits per heavy atom. The van der Waals surface area contributed by atoms with Gasteiger partial charge in [-0.2, -0.15) is 0 Å². The number of nitrogens with zero attached hydrogens (tertiary/aromatic N) is 3. The fraction of sp³-hybridized carbons (Fsp3) is 0.417. The highest BCUT2D eigenvalue weighted by Gasteiger charge is 2.32. The van der Waals surface area contributed by atoms with Crippen molar-refractivity contribution < 1.29 is 9.66 Å². The number of rotatable bonds is 4. The molecule has 0 atom stereocenters. The van der Waals surface area contributed by atoms with Gasteiger partial charge < -0.3 is 9.14 Å². The van der Waals surface area contributed by atoms with E-state index in [2.05, 4.69) is 4.98 Å². The van der Waals surface area contributed by atoms with Crippen LogP contribution in [-0.4, -0.2) is 27.0 Å². The molecule has 18 heavy (non-hydrogen) atoms. The van der Waals surface area contributed by atoms with Crippen molar-refractivity contribution in [3.8, 4) is 5.75 Å². The van der Waals surface area contributed by atoms with Gasteiger partial charge >= 0.3 is 0 Å². The van der Waals surface area contributed by atoms with E-state index in [-0.39, 0.29) is 4.92 Å². The van der Waals surface area contributed by atoms with Gasteiger partial charge in [0, 0.05) is 30.7 Å². The summed E-state index contributed by atoms with van der Waals surface area (Å²) in [4.78, 5) is 14.9. The van der Waals surface area contributed by atoms with Crippen molar-refractivity contribution in [2.75, 3.05) is 7.11 Å². The van der Waals surface area contributed by atoms with Crippen molar-refractivity contribution in [3.05, 3.63) is 40.3 Å². The van der Waals surface area contributed by atoms with E-state index in [9.17, 15) is 10.1 Å². The number of imidazole rings is 1. The summed E-state index contributed by atoms with van der Waals surface area (Å²) >= 11 is 0. The van der Waals surface area contributed by atoms with E-state index in [0.717, 1.165) is 11.3 Å². The smallest absolute Gasteiger partial charge is 0.222 e. The maximum atomic E-state index is 11.0. The summed E-state index contributed by atoms with van der Waals surface area (Å²) in [6.07, 6.45) is 3.77. The lowest BCUT2D eigenvalue weighted by molar-refractivity contribution is -0.560. The molecule has 2 aromatic heterocycles. The molecule has 0 spiro atoms.